The number of rotatable bonds is 5. The molecule has 1 aliphatic heterocycles. The molecule has 1 heterocycles. The van der Waals surface area contributed by atoms with Gasteiger partial charge in [-0.1, -0.05) is 0 Å². The molecule has 1 saturated heterocycles. The highest BCUT2D eigenvalue weighted by Crippen LogP contribution is 2.27. The van der Waals surface area contributed by atoms with E-state index in [1.807, 2.05) is 22.6 Å². The molecule has 8 heteroatoms. The lowest BCUT2D eigenvalue weighted by atomic mass is 10.2. The lowest BCUT2D eigenvalue weighted by Gasteiger charge is -2.13. The van der Waals surface area contributed by atoms with Gasteiger partial charge < -0.3 is 15.2 Å². The summed E-state index contributed by atoms with van der Waals surface area (Å²) in [5.74, 6) is -0.965. The molecule has 20 heavy (non-hydrogen) atoms. The van der Waals surface area contributed by atoms with E-state index in [4.69, 9.17) is 9.84 Å². The summed E-state index contributed by atoms with van der Waals surface area (Å²) >= 11 is 2.01. The topological polar surface area (TPSA) is 102 Å². The van der Waals surface area contributed by atoms with Gasteiger partial charge in [0.15, 0.2) is 6.10 Å². The maximum Gasteiger partial charge on any atom is 0.332 e. The van der Waals surface area contributed by atoms with Crippen molar-refractivity contribution in [3.63, 3.8) is 0 Å². The van der Waals surface area contributed by atoms with Gasteiger partial charge in [0.1, 0.15) is 5.69 Å². The average Bonchev–Trinajstić information content (AvgIpc) is 2.86. The monoisotopic (exact) mass is 392 g/mol. The van der Waals surface area contributed by atoms with E-state index in [1.54, 1.807) is 12.1 Å². The van der Waals surface area contributed by atoms with Gasteiger partial charge in [-0.3, -0.25) is 10.1 Å². The molecule has 1 fully saturated rings. The quantitative estimate of drug-likeness (QED) is 0.453. The minimum absolute atomic E-state index is 0.00433. The van der Waals surface area contributed by atoms with Gasteiger partial charge in [0.05, 0.1) is 11.0 Å². The van der Waals surface area contributed by atoms with Crippen molar-refractivity contribution in [1.82, 2.24) is 0 Å². The number of hydrogen-bond acceptors (Lipinski definition) is 5. The van der Waals surface area contributed by atoms with Gasteiger partial charge in [-0.25, -0.2) is 4.79 Å². The second-order valence-electron chi connectivity index (χ2n) is 4.46. The summed E-state index contributed by atoms with van der Waals surface area (Å²) in [6.07, 6.45) is 0.0852. The number of anilines is 1. The van der Waals surface area contributed by atoms with Crippen LogP contribution in [0.3, 0.4) is 0 Å². The summed E-state index contributed by atoms with van der Waals surface area (Å²) < 4.78 is 6.12. The Hall–Kier alpha value is -1.42. The highest BCUT2D eigenvalue weighted by atomic mass is 127. The second kappa shape index (κ2) is 6.35. The fraction of sp³-hybridized carbons (Fsp3) is 0.417. The Morgan fingerprint density at radius 3 is 2.90 bits per heavy atom. The molecule has 0 bridgehead atoms. The van der Waals surface area contributed by atoms with Gasteiger partial charge in [0, 0.05) is 16.2 Å². The van der Waals surface area contributed by atoms with Gasteiger partial charge in [-0.2, -0.15) is 0 Å². The molecule has 1 aliphatic rings. The van der Waals surface area contributed by atoms with Crippen LogP contribution in [0.5, 0.6) is 0 Å². The van der Waals surface area contributed by atoms with Crippen LogP contribution in [0, 0.1) is 13.7 Å². The second-order valence-corrected chi connectivity index (χ2v) is 5.71. The molecule has 2 N–H and O–H groups in total. The summed E-state index contributed by atoms with van der Waals surface area (Å²) in [7, 11) is 0. The summed E-state index contributed by atoms with van der Waals surface area (Å²) in [6, 6.07) is 4.90. The molecule has 1 aromatic rings. The van der Waals surface area contributed by atoms with Crippen LogP contribution >= 0.6 is 22.6 Å². The summed E-state index contributed by atoms with van der Waals surface area (Å²) in [6.45, 7) is 0.352. The maximum absolute atomic E-state index is 11.0. The van der Waals surface area contributed by atoms with Crippen molar-refractivity contribution < 1.29 is 19.6 Å². The van der Waals surface area contributed by atoms with Crippen LogP contribution in [0.25, 0.3) is 0 Å². The number of carboxylic acid groups (broad SMARTS) is 1. The predicted octanol–water partition coefficient (Wildman–Crippen LogP) is 2.24. The van der Waals surface area contributed by atoms with Crippen molar-refractivity contribution in [2.45, 2.75) is 25.0 Å². The Bertz CT molecular complexity index is 537. The number of aliphatic carboxylic acids is 1. The summed E-state index contributed by atoms with van der Waals surface area (Å²) in [4.78, 5) is 21.3. The molecule has 0 aromatic heterocycles. The van der Waals surface area contributed by atoms with Crippen LogP contribution in [0.4, 0.5) is 11.4 Å². The molecule has 2 unspecified atom stereocenters. The number of nitro groups is 1. The van der Waals surface area contributed by atoms with E-state index in [0.29, 0.717) is 25.1 Å². The number of halogens is 1. The van der Waals surface area contributed by atoms with Gasteiger partial charge in [-0.05, 0) is 47.6 Å². The van der Waals surface area contributed by atoms with E-state index < -0.39 is 17.0 Å². The third kappa shape index (κ3) is 3.57. The Morgan fingerprint density at radius 2 is 2.30 bits per heavy atom. The number of hydrogen-bond donors (Lipinski definition) is 2. The standard InChI is InChI=1S/C12H13IN2O5/c13-7-1-3-9(10(5-7)15(18)19)14-6-8-2-4-11(20-8)12(16)17/h1,3,5,8,11,14H,2,4,6H2,(H,16,17). The molecule has 0 aliphatic carbocycles. The smallest absolute Gasteiger partial charge is 0.332 e. The number of carbonyl (C=O) groups is 1. The molecule has 0 saturated carbocycles. The summed E-state index contributed by atoms with van der Waals surface area (Å²) in [5, 5.41) is 22.8. The number of ether oxygens (including phenoxy) is 1. The van der Waals surface area contributed by atoms with Crippen LogP contribution in [0.15, 0.2) is 18.2 Å². The zero-order valence-electron chi connectivity index (χ0n) is 10.4. The molecular formula is C12H13IN2O5. The number of nitrogens with one attached hydrogen (secondary N) is 1. The first kappa shape index (κ1) is 15.0. The van der Waals surface area contributed by atoms with Crippen molar-refractivity contribution in [2.24, 2.45) is 0 Å². The predicted molar refractivity (Wildman–Crippen MR) is 79.8 cm³/mol. The Balaban J connectivity index is 1.98. The number of nitrogens with zero attached hydrogens (tertiary/aromatic N) is 1. The number of carboxylic acids is 1. The molecule has 0 amide bonds. The van der Waals surface area contributed by atoms with Crippen molar-refractivity contribution >= 4 is 39.9 Å². The van der Waals surface area contributed by atoms with Crippen molar-refractivity contribution in [3.8, 4) is 0 Å². The van der Waals surface area contributed by atoms with E-state index in [1.165, 1.54) is 6.07 Å². The molecule has 0 radical (unpaired) electrons. The highest BCUT2D eigenvalue weighted by Gasteiger charge is 2.30. The minimum Gasteiger partial charge on any atom is -0.479 e. The zero-order valence-corrected chi connectivity index (χ0v) is 12.6. The van der Waals surface area contributed by atoms with Crippen molar-refractivity contribution in [1.29, 1.82) is 0 Å². The molecule has 2 atom stereocenters. The van der Waals surface area contributed by atoms with Gasteiger partial charge in [-0.15, -0.1) is 0 Å². The molecule has 0 spiro atoms. The number of nitro benzene ring substituents is 1. The Morgan fingerprint density at radius 1 is 1.55 bits per heavy atom. The third-order valence-electron chi connectivity index (χ3n) is 3.06. The van der Waals surface area contributed by atoms with E-state index in [9.17, 15) is 14.9 Å². The van der Waals surface area contributed by atoms with E-state index in [-0.39, 0.29) is 11.8 Å². The van der Waals surface area contributed by atoms with Crippen molar-refractivity contribution in [2.75, 3.05) is 11.9 Å². The van der Waals surface area contributed by atoms with Crippen LogP contribution < -0.4 is 5.32 Å². The largest absolute Gasteiger partial charge is 0.479 e. The Kier molecular flexibility index (Phi) is 4.76. The third-order valence-corrected chi connectivity index (χ3v) is 3.73. The lowest BCUT2D eigenvalue weighted by molar-refractivity contribution is -0.384. The van der Waals surface area contributed by atoms with Gasteiger partial charge >= 0.3 is 5.97 Å². The van der Waals surface area contributed by atoms with Crippen LogP contribution in [0.2, 0.25) is 0 Å². The normalized spacial score (nSPS) is 21.6. The molecule has 1 aromatic carbocycles. The van der Waals surface area contributed by atoms with Crippen LogP contribution in [-0.4, -0.2) is 34.8 Å². The molecule has 2 rings (SSSR count). The molecule has 7 nitrogen and oxygen atoms in total. The number of benzene rings is 1. The Labute approximate surface area is 128 Å². The van der Waals surface area contributed by atoms with Crippen molar-refractivity contribution in [3.05, 3.63) is 31.9 Å². The highest BCUT2D eigenvalue weighted by molar-refractivity contribution is 14.1. The lowest BCUT2D eigenvalue weighted by Crippen LogP contribution is -2.24. The van der Waals surface area contributed by atoms with Gasteiger partial charge in [0.2, 0.25) is 0 Å². The molecule has 108 valence electrons. The average molecular weight is 392 g/mol. The van der Waals surface area contributed by atoms with Crippen LogP contribution in [0.1, 0.15) is 12.8 Å². The van der Waals surface area contributed by atoms with E-state index in [0.717, 1.165) is 3.57 Å². The molecular weight excluding hydrogens is 379 g/mol. The zero-order chi connectivity index (χ0) is 14.7. The minimum atomic E-state index is -0.965. The van der Waals surface area contributed by atoms with Crippen LogP contribution in [-0.2, 0) is 9.53 Å². The SMILES string of the molecule is O=C(O)C1CCC(CNc2ccc(I)cc2[N+](=O)[O-])O1. The first-order valence-corrected chi connectivity index (χ1v) is 7.11. The first-order chi connectivity index (χ1) is 9.47. The van der Waals surface area contributed by atoms with Gasteiger partial charge in [0.25, 0.3) is 5.69 Å². The van der Waals surface area contributed by atoms with E-state index >= 15 is 0 Å². The first-order valence-electron chi connectivity index (χ1n) is 6.03. The summed E-state index contributed by atoms with van der Waals surface area (Å²) in [5.41, 5.74) is 0.419. The fourth-order valence-electron chi connectivity index (χ4n) is 2.07. The van der Waals surface area contributed by atoms with E-state index in [2.05, 4.69) is 5.32 Å². The fourth-order valence-corrected chi connectivity index (χ4v) is 2.54. The maximum atomic E-state index is 11.0.